The molecule has 1 unspecified atom stereocenters. The summed E-state index contributed by atoms with van der Waals surface area (Å²) >= 11 is 0. The molecule has 0 aromatic carbocycles. The zero-order valence-corrected chi connectivity index (χ0v) is 11.9. The van der Waals surface area contributed by atoms with Gasteiger partial charge in [0.2, 0.25) is 0 Å². The molecule has 0 saturated carbocycles. The average molecular weight is 254 g/mol. The van der Waals surface area contributed by atoms with E-state index in [9.17, 15) is 5.11 Å². The van der Waals surface area contributed by atoms with Gasteiger partial charge in [-0.3, -0.25) is 5.26 Å². The second-order valence-electron chi connectivity index (χ2n) is 6.23. The Bertz CT molecular complexity index is 316. The van der Waals surface area contributed by atoms with Crippen molar-refractivity contribution in [2.24, 2.45) is 11.8 Å². The fourth-order valence-corrected chi connectivity index (χ4v) is 2.22. The van der Waals surface area contributed by atoms with Crippen molar-refractivity contribution in [3.05, 3.63) is 24.3 Å². The van der Waals surface area contributed by atoms with Crippen LogP contribution in [0.5, 0.6) is 0 Å². The SMILES string of the molecule is C[C@@H](C/C=C/C(C)(C)OO)[C@@H]1C=CC(C)(O)CC1. The smallest absolute Gasteiger partial charge is 0.116 e. The summed E-state index contributed by atoms with van der Waals surface area (Å²) in [6.45, 7) is 7.69. The Balaban J connectivity index is 2.45. The van der Waals surface area contributed by atoms with Gasteiger partial charge in [-0.2, -0.15) is 0 Å². The molecule has 0 saturated heterocycles. The predicted molar refractivity (Wildman–Crippen MR) is 73.2 cm³/mol. The number of aliphatic hydroxyl groups is 1. The molecular formula is C15H26O3. The predicted octanol–water partition coefficient (Wildman–Crippen LogP) is 3.55. The lowest BCUT2D eigenvalue weighted by molar-refractivity contribution is -0.297. The highest BCUT2D eigenvalue weighted by atomic mass is 17.1. The average Bonchev–Trinajstić information content (AvgIpc) is 2.28. The summed E-state index contributed by atoms with van der Waals surface area (Å²) in [5, 5.41) is 18.5. The summed E-state index contributed by atoms with van der Waals surface area (Å²) in [6, 6.07) is 0. The van der Waals surface area contributed by atoms with E-state index in [1.165, 1.54) is 0 Å². The van der Waals surface area contributed by atoms with Crippen molar-refractivity contribution in [3.63, 3.8) is 0 Å². The lowest BCUT2D eigenvalue weighted by Crippen LogP contribution is -2.27. The summed E-state index contributed by atoms with van der Waals surface area (Å²) in [5.41, 5.74) is -1.25. The van der Waals surface area contributed by atoms with Gasteiger partial charge in [-0.25, -0.2) is 4.89 Å². The summed E-state index contributed by atoms with van der Waals surface area (Å²) in [6.07, 6.45) is 10.8. The summed E-state index contributed by atoms with van der Waals surface area (Å²) < 4.78 is 0. The van der Waals surface area contributed by atoms with Gasteiger partial charge < -0.3 is 5.11 Å². The zero-order valence-electron chi connectivity index (χ0n) is 11.9. The molecule has 0 amide bonds. The lowest BCUT2D eigenvalue weighted by atomic mass is 9.79. The maximum Gasteiger partial charge on any atom is 0.116 e. The van der Waals surface area contributed by atoms with Gasteiger partial charge in [0.05, 0.1) is 5.60 Å². The second-order valence-corrected chi connectivity index (χ2v) is 6.23. The molecule has 1 rings (SSSR count). The van der Waals surface area contributed by atoms with E-state index >= 15 is 0 Å². The Kier molecular flexibility index (Phi) is 5.14. The van der Waals surface area contributed by atoms with Gasteiger partial charge in [-0.1, -0.05) is 31.2 Å². The van der Waals surface area contributed by atoms with E-state index in [1.807, 2.05) is 32.9 Å². The molecule has 3 nitrogen and oxygen atoms in total. The van der Waals surface area contributed by atoms with Crippen LogP contribution >= 0.6 is 0 Å². The van der Waals surface area contributed by atoms with Gasteiger partial charge in [-0.05, 0) is 51.9 Å². The number of rotatable bonds is 5. The highest BCUT2D eigenvalue weighted by Crippen LogP contribution is 2.31. The van der Waals surface area contributed by atoms with Crippen LogP contribution in [-0.2, 0) is 4.89 Å². The molecule has 0 heterocycles. The Labute approximate surface area is 110 Å². The fraction of sp³-hybridized carbons (Fsp3) is 0.733. The van der Waals surface area contributed by atoms with Gasteiger partial charge in [-0.15, -0.1) is 0 Å². The fourth-order valence-electron chi connectivity index (χ4n) is 2.22. The first-order valence-corrected chi connectivity index (χ1v) is 6.68. The monoisotopic (exact) mass is 254 g/mol. The van der Waals surface area contributed by atoms with Crippen molar-refractivity contribution in [1.82, 2.24) is 0 Å². The molecule has 2 N–H and O–H groups in total. The summed E-state index contributed by atoms with van der Waals surface area (Å²) in [7, 11) is 0. The third-order valence-corrected chi connectivity index (χ3v) is 3.68. The van der Waals surface area contributed by atoms with Gasteiger partial charge in [0.25, 0.3) is 0 Å². The molecule has 0 bridgehead atoms. The standard InChI is InChI=1S/C15H26O3/c1-12(6-5-9-14(2,3)18-17)13-7-10-15(4,16)11-8-13/h5,7,9-10,12-13,16-17H,6,8,11H2,1-4H3/b9-5+/t12-,13+,15?/m0/s1. The van der Waals surface area contributed by atoms with Crippen LogP contribution in [0.4, 0.5) is 0 Å². The number of hydrogen-bond donors (Lipinski definition) is 2. The maximum absolute atomic E-state index is 9.84. The molecule has 0 spiro atoms. The minimum atomic E-state index is -0.626. The minimum Gasteiger partial charge on any atom is -0.386 e. The van der Waals surface area contributed by atoms with Crippen molar-refractivity contribution < 1.29 is 15.3 Å². The first-order chi connectivity index (χ1) is 8.26. The maximum atomic E-state index is 9.84. The Morgan fingerprint density at radius 2 is 2.22 bits per heavy atom. The highest BCUT2D eigenvalue weighted by Gasteiger charge is 2.25. The first-order valence-electron chi connectivity index (χ1n) is 6.68. The lowest BCUT2D eigenvalue weighted by Gasteiger charge is -2.30. The van der Waals surface area contributed by atoms with Gasteiger partial charge >= 0.3 is 0 Å². The van der Waals surface area contributed by atoms with E-state index in [-0.39, 0.29) is 0 Å². The van der Waals surface area contributed by atoms with Gasteiger partial charge in [0.1, 0.15) is 5.60 Å². The molecule has 0 aromatic heterocycles. The zero-order chi connectivity index (χ0) is 13.8. The molecule has 1 aliphatic carbocycles. The Morgan fingerprint density at radius 3 is 2.72 bits per heavy atom. The number of hydrogen-bond acceptors (Lipinski definition) is 3. The van der Waals surface area contributed by atoms with E-state index in [0.717, 1.165) is 19.3 Å². The van der Waals surface area contributed by atoms with Crippen LogP contribution < -0.4 is 0 Å². The molecule has 0 aromatic rings. The molecule has 3 heteroatoms. The summed E-state index contributed by atoms with van der Waals surface area (Å²) in [5.74, 6) is 1.05. The third kappa shape index (κ3) is 4.92. The van der Waals surface area contributed by atoms with Crippen molar-refractivity contribution >= 4 is 0 Å². The molecule has 0 aliphatic heterocycles. The van der Waals surface area contributed by atoms with E-state index in [1.54, 1.807) is 0 Å². The van der Waals surface area contributed by atoms with Crippen LogP contribution in [0.2, 0.25) is 0 Å². The molecule has 0 radical (unpaired) electrons. The minimum absolute atomic E-state index is 0.521. The van der Waals surface area contributed by atoms with E-state index in [4.69, 9.17) is 5.26 Å². The van der Waals surface area contributed by atoms with Gasteiger partial charge in [0.15, 0.2) is 0 Å². The van der Waals surface area contributed by atoms with Crippen LogP contribution in [-0.4, -0.2) is 21.6 Å². The molecular weight excluding hydrogens is 228 g/mol. The van der Waals surface area contributed by atoms with Crippen LogP contribution in [0.15, 0.2) is 24.3 Å². The van der Waals surface area contributed by atoms with E-state index in [0.29, 0.717) is 11.8 Å². The molecule has 18 heavy (non-hydrogen) atoms. The van der Waals surface area contributed by atoms with Crippen molar-refractivity contribution in [2.75, 3.05) is 0 Å². The second kappa shape index (κ2) is 6.00. The highest BCUT2D eigenvalue weighted by molar-refractivity contribution is 5.07. The molecule has 1 aliphatic rings. The Morgan fingerprint density at radius 1 is 1.56 bits per heavy atom. The molecule has 3 atom stereocenters. The van der Waals surface area contributed by atoms with Crippen molar-refractivity contribution in [1.29, 1.82) is 0 Å². The molecule has 0 fully saturated rings. The van der Waals surface area contributed by atoms with E-state index in [2.05, 4.69) is 24.0 Å². The van der Waals surface area contributed by atoms with E-state index < -0.39 is 11.2 Å². The van der Waals surface area contributed by atoms with Crippen molar-refractivity contribution in [2.45, 2.75) is 58.2 Å². The van der Waals surface area contributed by atoms with Crippen molar-refractivity contribution in [3.8, 4) is 0 Å². The summed E-state index contributed by atoms with van der Waals surface area (Å²) in [4.78, 5) is 4.36. The Hall–Kier alpha value is -0.640. The molecule has 104 valence electrons. The number of allylic oxidation sites excluding steroid dienone is 2. The van der Waals surface area contributed by atoms with Crippen LogP contribution in [0.1, 0.15) is 47.0 Å². The van der Waals surface area contributed by atoms with Crippen LogP contribution in [0.3, 0.4) is 0 Å². The topological polar surface area (TPSA) is 49.7 Å². The first kappa shape index (κ1) is 15.4. The van der Waals surface area contributed by atoms with Crippen LogP contribution in [0, 0.1) is 11.8 Å². The normalized spacial score (nSPS) is 30.9. The largest absolute Gasteiger partial charge is 0.386 e. The van der Waals surface area contributed by atoms with Crippen LogP contribution in [0.25, 0.3) is 0 Å². The quantitative estimate of drug-likeness (QED) is 0.448. The van der Waals surface area contributed by atoms with Gasteiger partial charge in [0, 0.05) is 0 Å². The third-order valence-electron chi connectivity index (χ3n) is 3.68.